The van der Waals surface area contributed by atoms with Crippen molar-refractivity contribution in [3.63, 3.8) is 0 Å². The molecule has 0 aliphatic heterocycles. The summed E-state index contributed by atoms with van der Waals surface area (Å²) in [6.07, 6.45) is 3.99. The highest BCUT2D eigenvalue weighted by molar-refractivity contribution is 5.79. The molecule has 1 saturated carbocycles. The van der Waals surface area contributed by atoms with Crippen LogP contribution in [0.3, 0.4) is 0 Å². The first kappa shape index (κ1) is 15.8. The molecule has 4 nitrogen and oxygen atoms in total. The largest absolute Gasteiger partial charge is 0.492 e. The van der Waals surface area contributed by atoms with E-state index in [1.807, 2.05) is 0 Å². The molecule has 0 bridgehead atoms. The second-order valence-electron chi connectivity index (χ2n) is 5.62. The lowest BCUT2D eigenvalue weighted by molar-refractivity contribution is -0.136. The van der Waals surface area contributed by atoms with Crippen LogP contribution in [0.2, 0.25) is 0 Å². The number of ether oxygens (including phenoxy) is 1. The first-order valence-electron chi connectivity index (χ1n) is 7.47. The highest BCUT2D eigenvalue weighted by Crippen LogP contribution is 2.24. The van der Waals surface area contributed by atoms with Crippen LogP contribution in [0.5, 0.6) is 5.75 Å². The number of hydrogen-bond acceptors (Lipinski definition) is 3. The van der Waals surface area contributed by atoms with Gasteiger partial charge in [-0.15, -0.1) is 0 Å². The number of nitrogens with zero attached hydrogens (tertiary/aromatic N) is 1. The first-order chi connectivity index (χ1) is 10.1. The summed E-state index contributed by atoms with van der Waals surface area (Å²) in [5.74, 6) is 0.354. The average molecular weight is 294 g/mol. The summed E-state index contributed by atoms with van der Waals surface area (Å²) in [7, 11) is 1.78. The number of hydrogen-bond donors (Lipinski definition) is 1. The van der Waals surface area contributed by atoms with Gasteiger partial charge in [0.1, 0.15) is 18.2 Å². The van der Waals surface area contributed by atoms with Gasteiger partial charge in [-0.25, -0.2) is 4.39 Å². The van der Waals surface area contributed by atoms with Gasteiger partial charge in [0.05, 0.1) is 12.5 Å². The summed E-state index contributed by atoms with van der Waals surface area (Å²) < 4.78 is 18.3. The predicted octanol–water partition coefficient (Wildman–Crippen LogP) is 2.18. The maximum Gasteiger partial charge on any atom is 0.227 e. The summed E-state index contributed by atoms with van der Waals surface area (Å²) in [6, 6.07) is 5.84. The Morgan fingerprint density at radius 3 is 2.67 bits per heavy atom. The minimum atomic E-state index is -0.291. The highest BCUT2D eigenvalue weighted by Gasteiger charge is 2.30. The fourth-order valence-corrected chi connectivity index (χ4v) is 2.69. The van der Waals surface area contributed by atoms with Crippen LogP contribution in [0, 0.1) is 11.7 Å². The Kier molecular flexibility index (Phi) is 5.56. The van der Waals surface area contributed by atoms with E-state index in [2.05, 4.69) is 0 Å². The van der Waals surface area contributed by atoms with E-state index in [9.17, 15) is 9.18 Å². The van der Waals surface area contributed by atoms with Crippen molar-refractivity contribution in [1.29, 1.82) is 0 Å². The number of carbonyl (C=O) groups is 1. The Hall–Kier alpha value is -1.62. The normalized spacial score (nSPS) is 21.9. The van der Waals surface area contributed by atoms with Gasteiger partial charge in [-0.3, -0.25) is 4.79 Å². The molecule has 1 aromatic carbocycles. The molecular formula is C16H23FN2O2. The van der Waals surface area contributed by atoms with Crippen LogP contribution in [0.4, 0.5) is 4.39 Å². The van der Waals surface area contributed by atoms with Crippen molar-refractivity contribution in [2.45, 2.75) is 31.7 Å². The third-order valence-electron chi connectivity index (χ3n) is 4.02. The van der Waals surface area contributed by atoms with Gasteiger partial charge in [0.2, 0.25) is 5.91 Å². The maximum atomic E-state index is 12.8. The minimum absolute atomic E-state index is 0.0216. The number of amides is 1. The highest BCUT2D eigenvalue weighted by atomic mass is 19.1. The Morgan fingerprint density at radius 1 is 1.33 bits per heavy atom. The van der Waals surface area contributed by atoms with E-state index in [1.54, 1.807) is 24.1 Å². The van der Waals surface area contributed by atoms with Crippen molar-refractivity contribution in [2.75, 3.05) is 20.2 Å². The van der Waals surface area contributed by atoms with E-state index in [1.165, 1.54) is 12.1 Å². The Morgan fingerprint density at radius 2 is 2.00 bits per heavy atom. The SMILES string of the molecule is CN(CCOc1ccc(F)cc1)C(=O)C1CCCCC1N. The van der Waals surface area contributed by atoms with Gasteiger partial charge in [-0.05, 0) is 37.1 Å². The molecule has 2 unspecified atom stereocenters. The van der Waals surface area contributed by atoms with Gasteiger partial charge >= 0.3 is 0 Å². The average Bonchev–Trinajstić information content (AvgIpc) is 2.49. The number of rotatable bonds is 5. The van der Waals surface area contributed by atoms with E-state index in [4.69, 9.17) is 10.5 Å². The molecule has 1 aliphatic rings. The fourth-order valence-electron chi connectivity index (χ4n) is 2.69. The van der Waals surface area contributed by atoms with E-state index < -0.39 is 0 Å². The molecule has 21 heavy (non-hydrogen) atoms. The van der Waals surface area contributed by atoms with Crippen LogP contribution in [0.1, 0.15) is 25.7 Å². The topological polar surface area (TPSA) is 55.6 Å². The van der Waals surface area contributed by atoms with Crippen molar-refractivity contribution in [3.8, 4) is 5.75 Å². The lowest BCUT2D eigenvalue weighted by Crippen LogP contribution is -2.45. The van der Waals surface area contributed by atoms with Crippen LogP contribution < -0.4 is 10.5 Å². The van der Waals surface area contributed by atoms with Gasteiger partial charge in [0.15, 0.2) is 0 Å². The van der Waals surface area contributed by atoms with Gasteiger partial charge in [0, 0.05) is 13.1 Å². The van der Waals surface area contributed by atoms with E-state index >= 15 is 0 Å². The van der Waals surface area contributed by atoms with Crippen LogP contribution in [-0.2, 0) is 4.79 Å². The minimum Gasteiger partial charge on any atom is -0.492 e. The van der Waals surface area contributed by atoms with Crippen LogP contribution >= 0.6 is 0 Å². The van der Waals surface area contributed by atoms with E-state index in [0.29, 0.717) is 18.9 Å². The summed E-state index contributed by atoms with van der Waals surface area (Å²) in [5, 5.41) is 0. The molecule has 1 fully saturated rings. The molecule has 2 N–H and O–H groups in total. The van der Waals surface area contributed by atoms with Crippen LogP contribution in [0.25, 0.3) is 0 Å². The number of nitrogens with two attached hydrogens (primary N) is 1. The van der Waals surface area contributed by atoms with Gasteiger partial charge < -0.3 is 15.4 Å². The van der Waals surface area contributed by atoms with Crippen molar-refractivity contribution >= 4 is 5.91 Å². The van der Waals surface area contributed by atoms with Crippen LogP contribution in [-0.4, -0.2) is 37.0 Å². The third kappa shape index (κ3) is 4.43. The molecule has 1 amide bonds. The van der Waals surface area contributed by atoms with E-state index in [-0.39, 0.29) is 23.7 Å². The molecule has 1 aromatic rings. The Balaban J connectivity index is 1.77. The molecule has 0 aromatic heterocycles. The van der Waals surface area contributed by atoms with Crippen molar-refractivity contribution in [3.05, 3.63) is 30.1 Å². The number of likely N-dealkylation sites (N-methyl/N-ethyl adjacent to an activating group) is 1. The van der Waals surface area contributed by atoms with Crippen molar-refractivity contribution in [2.24, 2.45) is 11.7 Å². The van der Waals surface area contributed by atoms with Crippen molar-refractivity contribution < 1.29 is 13.9 Å². The number of benzene rings is 1. The maximum absolute atomic E-state index is 12.8. The van der Waals surface area contributed by atoms with Gasteiger partial charge in [-0.2, -0.15) is 0 Å². The second kappa shape index (κ2) is 7.41. The van der Waals surface area contributed by atoms with Gasteiger partial charge in [-0.1, -0.05) is 12.8 Å². The zero-order chi connectivity index (χ0) is 15.2. The second-order valence-corrected chi connectivity index (χ2v) is 5.62. The molecule has 0 spiro atoms. The lowest BCUT2D eigenvalue weighted by Gasteiger charge is -2.31. The van der Waals surface area contributed by atoms with Crippen molar-refractivity contribution in [1.82, 2.24) is 4.90 Å². The first-order valence-corrected chi connectivity index (χ1v) is 7.47. The summed E-state index contributed by atoms with van der Waals surface area (Å²) in [6.45, 7) is 0.884. The fraction of sp³-hybridized carbons (Fsp3) is 0.562. The molecule has 5 heteroatoms. The molecule has 0 radical (unpaired) electrons. The summed E-state index contributed by atoms with van der Waals surface area (Å²) in [5.41, 5.74) is 6.04. The quantitative estimate of drug-likeness (QED) is 0.905. The zero-order valence-corrected chi connectivity index (χ0v) is 12.4. The summed E-state index contributed by atoms with van der Waals surface area (Å²) in [4.78, 5) is 14.0. The third-order valence-corrected chi connectivity index (χ3v) is 4.02. The molecule has 1 aliphatic carbocycles. The molecule has 2 atom stereocenters. The van der Waals surface area contributed by atoms with E-state index in [0.717, 1.165) is 25.7 Å². The monoisotopic (exact) mass is 294 g/mol. The van der Waals surface area contributed by atoms with Crippen LogP contribution in [0.15, 0.2) is 24.3 Å². The predicted molar refractivity (Wildman–Crippen MR) is 79.5 cm³/mol. The van der Waals surface area contributed by atoms with Gasteiger partial charge in [0.25, 0.3) is 0 Å². The Bertz CT molecular complexity index is 464. The molecule has 0 saturated heterocycles. The molecular weight excluding hydrogens is 271 g/mol. The lowest BCUT2D eigenvalue weighted by atomic mass is 9.84. The standard InChI is InChI=1S/C16H23FN2O2/c1-19(16(20)14-4-2-3-5-15(14)18)10-11-21-13-8-6-12(17)7-9-13/h6-9,14-15H,2-5,10-11,18H2,1H3. The molecule has 2 rings (SSSR count). The smallest absolute Gasteiger partial charge is 0.227 e. The number of carbonyl (C=O) groups excluding carboxylic acids is 1. The number of halogens is 1. The summed E-state index contributed by atoms with van der Waals surface area (Å²) >= 11 is 0. The Labute approximate surface area is 125 Å². The zero-order valence-electron chi connectivity index (χ0n) is 12.4. The molecule has 116 valence electrons. The molecule has 0 heterocycles.